The van der Waals surface area contributed by atoms with Gasteiger partial charge in [0.1, 0.15) is 11.5 Å². The molecule has 3 aromatic rings. The van der Waals surface area contributed by atoms with Crippen molar-refractivity contribution in [2.24, 2.45) is 0 Å². The van der Waals surface area contributed by atoms with E-state index < -0.39 is 0 Å². The van der Waals surface area contributed by atoms with Gasteiger partial charge in [-0.25, -0.2) is 9.49 Å². The summed E-state index contributed by atoms with van der Waals surface area (Å²) >= 11 is 0. The highest BCUT2D eigenvalue weighted by Gasteiger charge is 2.13. The first-order valence-corrected chi connectivity index (χ1v) is 8.14. The smallest absolute Gasteiger partial charge is 0.274 e. The monoisotopic (exact) mass is 355 g/mol. The summed E-state index contributed by atoms with van der Waals surface area (Å²) in [4.78, 5) is 24.8. The Morgan fingerprint density at radius 1 is 1.12 bits per heavy atom. The molecule has 2 N–H and O–H groups in total. The summed E-state index contributed by atoms with van der Waals surface area (Å²) in [5.41, 5.74) is 2.38. The Hall–Kier alpha value is -3.29. The third-order valence-electron chi connectivity index (χ3n) is 3.96. The fourth-order valence-corrected chi connectivity index (χ4v) is 2.53. The number of halogens is 1. The van der Waals surface area contributed by atoms with Gasteiger partial charge < -0.3 is 4.90 Å². The summed E-state index contributed by atoms with van der Waals surface area (Å²) in [5, 5.41) is 13.2. The number of carbonyl (C=O) groups is 1. The number of aromatic nitrogens is 4. The molecule has 0 atom stereocenters. The molecule has 0 unspecified atom stereocenters. The van der Waals surface area contributed by atoms with Crippen LogP contribution in [0, 0.1) is 5.82 Å². The Bertz CT molecular complexity index is 928. The SMILES string of the molecule is CN(CCCc1cc(-c2ccc(F)cc2)n[nH]1)C(=O)c1ccc(=O)[nH]n1. The van der Waals surface area contributed by atoms with Gasteiger partial charge in [0.05, 0.1) is 5.69 Å². The molecular formula is C18H18FN5O2. The number of aromatic amines is 2. The van der Waals surface area contributed by atoms with Gasteiger partial charge in [-0.1, -0.05) is 0 Å². The maximum Gasteiger partial charge on any atom is 0.274 e. The van der Waals surface area contributed by atoms with Gasteiger partial charge in [0.15, 0.2) is 0 Å². The molecule has 134 valence electrons. The maximum absolute atomic E-state index is 13.0. The quantitative estimate of drug-likeness (QED) is 0.707. The van der Waals surface area contributed by atoms with Crippen LogP contribution in [0.4, 0.5) is 4.39 Å². The van der Waals surface area contributed by atoms with Crippen LogP contribution in [0.2, 0.25) is 0 Å². The highest BCUT2D eigenvalue weighted by atomic mass is 19.1. The molecular weight excluding hydrogens is 337 g/mol. The van der Waals surface area contributed by atoms with Crippen LogP contribution in [0.3, 0.4) is 0 Å². The number of hydrogen-bond donors (Lipinski definition) is 2. The molecule has 0 fully saturated rings. The Labute approximate surface area is 148 Å². The predicted molar refractivity (Wildman–Crippen MR) is 94.1 cm³/mol. The van der Waals surface area contributed by atoms with Crippen molar-refractivity contribution < 1.29 is 9.18 Å². The second-order valence-corrected chi connectivity index (χ2v) is 5.92. The molecule has 0 aliphatic carbocycles. The van der Waals surface area contributed by atoms with Gasteiger partial charge in [0.25, 0.3) is 11.5 Å². The van der Waals surface area contributed by atoms with Crippen LogP contribution in [0.5, 0.6) is 0 Å². The van der Waals surface area contributed by atoms with E-state index in [1.165, 1.54) is 24.3 Å². The standard InChI is InChI=1S/C18H18FN5O2/c1-24(18(26)15-8-9-17(25)23-21-15)10-2-3-14-11-16(22-20-14)12-4-6-13(19)7-5-12/h4-9,11H,2-3,10H2,1H3,(H,20,22)(H,23,25). The summed E-state index contributed by atoms with van der Waals surface area (Å²) in [7, 11) is 1.69. The first kappa shape index (κ1) is 17.5. The molecule has 7 nitrogen and oxygen atoms in total. The Balaban J connectivity index is 1.53. The molecule has 1 amide bonds. The van der Waals surface area contributed by atoms with Crippen molar-refractivity contribution in [3.63, 3.8) is 0 Å². The highest BCUT2D eigenvalue weighted by Crippen LogP contribution is 2.18. The summed E-state index contributed by atoms with van der Waals surface area (Å²) in [6, 6.07) is 10.7. The number of H-pyrrole nitrogens is 2. The number of carbonyl (C=O) groups excluding carboxylic acids is 1. The molecule has 2 aromatic heterocycles. The number of rotatable bonds is 6. The van der Waals surface area contributed by atoms with Gasteiger partial charge in [0, 0.05) is 30.9 Å². The third-order valence-corrected chi connectivity index (χ3v) is 3.96. The lowest BCUT2D eigenvalue weighted by Crippen LogP contribution is -2.29. The molecule has 8 heteroatoms. The average molecular weight is 355 g/mol. The molecule has 26 heavy (non-hydrogen) atoms. The predicted octanol–water partition coefficient (Wildman–Crippen LogP) is 2.00. The Morgan fingerprint density at radius 3 is 2.58 bits per heavy atom. The minimum absolute atomic E-state index is 0.201. The maximum atomic E-state index is 13.0. The van der Waals surface area contributed by atoms with E-state index in [4.69, 9.17) is 0 Å². The van der Waals surface area contributed by atoms with E-state index >= 15 is 0 Å². The van der Waals surface area contributed by atoms with Crippen LogP contribution < -0.4 is 5.56 Å². The van der Waals surface area contributed by atoms with E-state index in [2.05, 4.69) is 20.4 Å². The molecule has 3 rings (SSSR count). The zero-order valence-electron chi connectivity index (χ0n) is 14.2. The molecule has 0 radical (unpaired) electrons. The molecule has 0 aliphatic heterocycles. The minimum Gasteiger partial charge on any atom is -0.340 e. The number of hydrogen-bond acceptors (Lipinski definition) is 4. The zero-order chi connectivity index (χ0) is 18.5. The highest BCUT2D eigenvalue weighted by molar-refractivity contribution is 5.91. The topological polar surface area (TPSA) is 94.7 Å². The van der Waals surface area contributed by atoms with Gasteiger partial charge in [-0.15, -0.1) is 0 Å². The molecule has 0 aliphatic rings. The van der Waals surface area contributed by atoms with Gasteiger partial charge in [-0.2, -0.15) is 10.2 Å². The zero-order valence-corrected chi connectivity index (χ0v) is 14.2. The fourth-order valence-electron chi connectivity index (χ4n) is 2.53. The van der Waals surface area contributed by atoms with E-state index in [0.29, 0.717) is 13.0 Å². The lowest BCUT2D eigenvalue weighted by atomic mass is 10.1. The van der Waals surface area contributed by atoms with Crippen molar-refractivity contribution >= 4 is 5.91 Å². The van der Waals surface area contributed by atoms with Crippen molar-refractivity contribution in [1.29, 1.82) is 0 Å². The summed E-state index contributed by atoms with van der Waals surface area (Å²) in [6.07, 6.45) is 1.45. The van der Waals surface area contributed by atoms with Crippen molar-refractivity contribution in [2.45, 2.75) is 12.8 Å². The van der Waals surface area contributed by atoms with E-state index in [1.54, 1.807) is 24.1 Å². The summed E-state index contributed by atoms with van der Waals surface area (Å²) in [6.45, 7) is 0.532. The second kappa shape index (κ2) is 7.73. The Kier molecular flexibility index (Phi) is 5.21. The first-order valence-electron chi connectivity index (χ1n) is 8.14. The van der Waals surface area contributed by atoms with Crippen LogP contribution in [-0.4, -0.2) is 44.8 Å². The second-order valence-electron chi connectivity index (χ2n) is 5.92. The summed E-state index contributed by atoms with van der Waals surface area (Å²) < 4.78 is 13.0. The molecule has 1 aromatic carbocycles. The molecule has 2 heterocycles. The van der Waals surface area contributed by atoms with E-state index in [-0.39, 0.29) is 23.0 Å². The van der Waals surface area contributed by atoms with Gasteiger partial charge in [0.2, 0.25) is 0 Å². The first-order chi connectivity index (χ1) is 12.5. The number of nitrogens with one attached hydrogen (secondary N) is 2. The van der Waals surface area contributed by atoms with E-state index in [9.17, 15) is 14.0 Å². The Morgan fingerprint density at radius 2 is 1.88 bits per heavy atom. The summed E-state index contributed by atoms with van der Waals surface area (Å²) in [5.74, 6) is -0.535. The molecule has 0 saturated heterocycles. The van der Waals surface area contributed by atoms with Crippen LogP contribution in [0.25, 0.3) is 11.3 Å². The van der Waals surface area contributed by atoms with Crippen molar-refractivity contribution in [2.75, 3.05) is 13.6 Å². The van der Waals surface area contributed by atoms with Crippen molar-refractivity contribution in [3.8, 4) is 11.3 Å². The van der Waals surface area contributed by atoms with E-state index in [1.807, 2.05) is 6.07 Å². The van der Waals surface area contributed by atoms with Gasteiger partial charge in [-0.05, 0) is 49.2 Å². The van der Waals surface area contributed by atoms with E-state index in [0.717, 1.165) is 23.4 Å². The number of benzene rings is 1. The van der Waals surface area contributed by atoms with Gasteiger partial charge in [-0.3, -0.25) is 14.7 Å². The third kappa shape index (κ3) is 4.21. The average Bonchev–Trinajstić information content (AvgIpc) is 3.11. The van der Waals surface area contributed by atoms with Crippen LogP contribution in [0.15, 0.2) is 47.3 Å². The molecule has 0 bridgehead atoms. The fraction of sp³-hybridized carbons (Fsp3) is 0.222. The lowest BCUT2D eigenvalue weighted by Gasteiger charge is -2.15. The van der Waals surface area contributed by atoms with Crippen LogP contribution >= 0.6 is 0 Å². The van der Waals surface area contributed by atoms with Crippen LogP contribution in [0.1, 0.15) is 22.6 Å². The number of amides is 1. The van der Waals surface area contributed by atoms with Crippen molar-refractivity contribution in [1.82, 2.24) is 25.3 Å². The number of nitrogens with zero attached hydrogens (tertiary/aromatic N) is 3. The normalized spacial score (nSPS) is 10.7. The number of aryl methyl sites for hydroxylation is 1. The van der Waals surface area contributed by atoms with Crippen LogP contribution in [-0.2, 0) is 6.42 Å². The van der Waals surface area contributed by atoms with Gasteiger partial charge >= 0.3 is 0 Å². The molecule has 0 spiro atoms. The molecule has 0 saturated carbocycles. The lowest BCUT2D eigenvalue weighted by molar-refractivity contribution is 0.0786. The van der Waals surface area contributed by atoms with Crippen molar-refractivity contribution in [3.05, 3.63) is 70.0 Å². The largest absolute Gasteiger partial charge is 0.340 e. The minimum atomic E-state index is -0.347.